The molecule has 3 aliphatic heterocycles. The van der Waals surface area contributed by atoms with Crippen molar-refractivity contribution in [2.45, 2.75) is 19.4 Å². The zero-order chi connectivity index (χ0) is 25.9. The van der Waals surface area contributed by atoms with Gasteiger partial charge in [-0.15, -0.1) is 0 Å². The van der Waals surface area contributed by atoms with Crippen molar-refractivity contribution >= 4 is 34.4 Å². The third-order valence-electron chi connectivity index (χ3n) is 6.87. The monoisotopic (exact) mass is 517 g/mol. The number of amides is 2. The first kappa shape index (κ1) is 25.1. The number of likely N-dealkylation sites (N-methyl/N-ethyl adjacent to an activating group) is 1. The van der Waals surface area contributed by atoms with E-state index in [2.05, 4.69) is 17.3 Å². The highest BCUT2D eigenvalue weighted by atomic mass is 32.2. The minimum Gasteiger partial charge on any atom is -0.497 e. The molecule has 37 heavy (non-hydrogen) atoms. The second-order valence-corrected chi connectivity index (χ2v) is 10.2. The van der Waals surface area contributed by atoms with Crippen molar-refractivity contribution in [2.75, 3.05) is 45.7 Å². The van der Waals surface area contributed by atoms with E-state index >= 15 is 0 Å². The van der Waals surface area contributed by atoms with E-state index in [4.69, 9.17) is 9.73 Å². The Bertz CT molecular complexity index is 1280. The maximum absolute atomic E-state index is 13.7. The number of carbonyl (C=O) groups excluding carboxylic acids is 2. The normalized spacial score (nSPS) is 19.8. The SMILES string of the molecule is COc1cccc([C@H]2C(C(=O)Nc3ccccc3)=C(C)N=C3SC=C(CC(=O)N4CCN(C)CC4)N32)c1. The van der Waals surface area contributed by atoms with Crippen molar-refractivity contribution in [1.82, 2.24) is 14.7 Å². The molecular weight excluding hydrogens is 486 g/mol. The van der Waals surface area contributed by atoms with E-state index in [0.29, 0.717) is 22.7 Å². The van der Waals surface area contributed by atoms with Gasteiger partial charge < -0.3 is 24.8 Å². The number of anilines is 1. The molecule has 0 aromatic heterocycles. The van der Waals surface area contributed by atoms with Crippen LogP contribution in [0.2, 0.25) is 0 Å². The second-order valence-electron chi connectivity index (χ2n) is 9.35. The van der Waals surface area contributed by atoms with Gasteiger partial charge in [0.15, 0.2) is 5.17 Å². The Morgan fingerprint density at radius 1 is 1.08 bits per heavy atom. The summed E-state index contributed by atoms with van der Waals surface area (Å²) in [5, 5.41) is 5.79. The molecule has 3 aliphatic rings. The Kier molecular flexibility index (Phi) is 7.34. The van der Waals surface area contributed by atoms with Crippen molar-refractivity contribution < 1.29 is 14.3 Å². The highest BCUT2D eigenvalue weighted by Gasteiger charge is 2.41. The number of fused-ring (bicyclic) bond motifs is 1. The lowest BCUT2D eigenvalue weighted by Gasteiger charge is -2.37. The molecule has 2 amide bonds. The largest absolute Gasteiger partial charge is 0.497 e. The number of hydrogen-bond acceptors (Lipinski definition) is 7. The Morgan fingerprint density at radius 2 is 1.84 bits per heavy atom. The zero-order valence-electron chi connectivity index (χ0n) is 21.3. The van der Waals surface area contributed by atoms with Crippen molar-refractivity contribution in [3.63, 3.8) is 0 Å². The first-order chi connectivity index (χ1) is 17.9. The van der Waals surface area contributed by atoms with Gasteiger partial charge in [0.25, 0.3) is 5.91 Å². The second kappa shape index (κ2) is 10.8. The zero-order valence-corrected chi connectivity index (χ0v) is 22.1. The topological polar surface area (TPSA) is 77.5 Å². The average Bonchev–Trinajstić information content (AvgIpc) is 3.30. The van der Waals surface area contributed by atoms with Gasteiger partial charge in [0.2, 0.25) is 5.91 Å². The number of benzene rings is 2. The summed E-state index contributed by atoms with van der Waals surface area (Å²) in [6, 6.07) is 16.7. The van der Waals surface area contributed by atoms with Crippen molar-refractivity contribution in [2.24, 2.45) is 4.99 Å². The van der Waals surface area contributed by atoms with Crippen LogP contribution in [0.3, 0.4) is 0 Å². The molecule has 0 saturated carbocycles. The average molecular weight is 518 g/mol. The number of thioether (sulfide) groups is 1. The predicted octanol–water partition coefficient (Wildman–Crippen LogP) is 4.07. The van der Waals surface area contributed by atoms with Crippen LogP contribution in [0.1, 0.15) is 24.9 Å². The van der Waals surface area contributed by atoms with Gasteiger partial charge in [0.05, 0.1) is 30.8 Å². The molecule has 5 rings (SSSR count). The smallest absolute Gasteiger partial charge is 0.255 e. The molecule has 0 bridgehead atoms. The summed E-state index contributed by atoms with van der Waals surface area (Å²) in [6.45, 7) is 5.05. The van der Waals surface area contributed by atoms with Crippen LogP contribution in [-0.2, 0) is 9.59 Å². The maximum atomic E-state index is 13.7. The number of para-hydroxylation sites is 1. The number of carbonyl (C=O) groups is 2. The van der Waals surface area contributed by atoms with Crippen LogP contribution in [-0.4, -0.2) is 72.0 Å². The lowest BCUT2D eigenvalue weighted by atomic mass is 9.93. The molecule has 0 unspecified atom stereocenters. The molecule has 8 nitrogen and oxygen atoms in total. The number of ether oxygens (including phenoxy) is 1. The van der Waals surface area contributed by atoms with Gasteiger partial charge >= 0.3 is 0 Å². The maximum Gasteiger partial charge on any atom is 0.255 e. The first-order valence-corrected chi connectivity index (χ1v) is 13.2. The third-order valence-corrected chi connectivity index (χ3v) is 7.76. The number of amidine groups is 1. The molecule has 1 fully saturated rings. The van der Waals surface area contributed by atoms with Crippen molar-refractivity contribution in [3.8, 4) is 5.75 Å². The molecule has 9 heteroatoms. The number of methoxy groups -OCH3 is 1. The van der Waals surface area contributed by atoms with Crippen LogP contribution in [0.4, 0.5) is 5.69 Å². The fourth-order valence-electron chi connectivity index (χ4n) is 4.83. The van der Waals surface area contributed by atoms with E-state index in [1.807, 2.05) is 76.7 Å². The minimum absolute atomic E-state index is 0.0900. The van der Waals surface area contributed by atoms with Gasteiger partial charge in [-0.05, 0) is 49.2 Å². The van der Waals surface area contributed by atoms with Gasteiger partial charge in [-0.25, -0.2) is 4.99 Å². The van der Waals surface area contributed by atoms with Crippen LogP contribution >= 0.6 is 11.8 Å². The summed E-state index contributed by atoms with van der Waals surface area (Å²) in [5.74, 6) is 0.570. The quantitative estimate of drug-likeness (QED) is 0.623. The van der Waals surface area contributed by atoms with E-state index < -0.39 is 6.04 Å². The standard InChI is InChI=1S/C28H31N5O3S/c1-19-25(27(35)30-21-9-5-4-6-10-21)26(20-8-7-11-23(16-20)36-3)33-22(18-37-28(33)29-19)17-24(34)32-14-12-31(2)13-15-32/h4-11,16,18,26H,12-15,17H2,1-3H3,(H,30,35)/t26-/m0/s1. The van der Waals surface area contributed by atoms with Gasteiger partial charge in [0, 0.05) is 37.6 Å². The molecule has 1 saturated heterocycles. The molecule has 1 atom stereocenters. The molecule has 0 radical (unpaired) electrons. The summed E-state index contributed by atoms with van der Waals surface area (Å²) in [6.07, 6.45) is 0.253. The summed E-state index contributed by atoms with van der Waals surface area (Å²) in [5.41, 5.74) is 3.65. The van der Waals surface area contributed by atoms with Crippen LogP contribution in [0.25, 0.3) is 0 Å². The van der Waals surface area contributed by atoms with Crippen LogP contribution < -0.4 is 10.1 Å². The lowest BCUT2D eigenvalue weighted by molar-refractivity contribution is -0.132. The number of nitrogens with zero attached hydrogens (tertiary/aromatic N) is 4. The summed E-state index contributed by atoms with van der Waals surface area (Å²) in [4.78, 5) is 38.0. The van der Waals surface area contributed by atoms with Crippen LogP contribution in [0, 0.1) is 0 Å². The predicted molar refractivity (Wildman–Crippen MR) is 147 cm³/mol. The van der Waals surface area contributed by atoms with E-state index in [-0.39, 0.29) is 18.2 Å². The third kappa shape index (κ3) is 5.28. The summed E-state index contributed by atoms with van der Waals surface area (Å²) >= 11 is 1.49. The van der Waals surface area contributed by atoms with E-state index in [0.717, 1.165) is 42.6 Å². The van der Waals surface area contributed by atoms with Crippen LogP contribution in [0.15, 0.2) is 82.0 Å². The lowest BCUT2D eigenvalue weighted by Crippen LogP contribution is -2.47. The molecule has 0 spiro atoms. The summed E-state index contributed by atoms with van der Waals surface area (Å²) < 4.78 is 5.50. The fourth-order valence-corrected chi connectivity index (χ4v) is 5.79. The summed E-state index contributed by atoms with van der Waals surface area (Å²) in [7, 11) is 3.70. The molecule has 2 aromatic carbocycles. The van der Waals surface area contributed by atoms with E-state index in [1.54, 1.807) is 7.11 Å². The van der Waals surface area contributed by atoms with Gasteiger partial charge in [-0.2, -0.15) is 0 Å². The van der Waals surface area contributed by atoms with E-state index in [9.17, 15) is 9.59 Å². The molecule has 0 aliphatic carbocycles. The van der Waals surface area contributed by atoms with Crippen molar-refractivity contribution in [3.05, 3.63) is 82.5 Å². The van der Waals surface area contributed by atoms with Gasteiger partial charge in [-0.1, -0.05) is 42.1 Å². The number of allylic oxidation sites excluding steroid dienone is 1. The Labute approximate surface area is 221 Å². The fraction of sp³-hybridized carbons (Fsp3) is 0.321. The number of piperazine rings is 1. The Morgan fingerprint density at radius 3 is 2.57 bits per heavy atom. The molecule has 192 valence electrons. The van der Waals surface area contributed by atoms with Gasteiger partial charge in [0.1, 0.15) is 5.75 Å². The van der Waals surface area contributed by atoms with E-state index in [1.165, 1.54) is 11.8 Å². The number of aliphatic imine (C=N–C) groups is 1. The minimum atomic E-state index is -0.451. The Hall–Kier alpha value is -3.56. The molecule has 1 N–H and O–H groups in total. The molecular formula is C28H31N5O3S. The highest BCUT2D eigenvalue weighted by molar-refractivity contribution is 8.16. The van der Waals surface area contributed by atoms with Crippen LogP contribution in [0.5, 0.6) is 5.75 Å². The molecule has 2 aromatic rings. The number of rotatable bonds is 6. The van der Waals surface area contributed by atoms with Gasteiger partial charge in [-0.3, -0.25) is 9.59 Å². The Balaban J connectivity index is 1.49. The van der Waals surface area contributed by atoms with Crippen molar-refractivity contribution in [1.29, 1.82) is 0 Å². The molecule has 3 heterocycles. The number of nitrogens with one attached hydrogen (secondary N) is 1. The number of hydrogen-bond donors (Lipinski definition) is 1. The first-order valence-electron chi connectivity index (χ1n) is 12.4. The highest BCUT2D eigenvalue weighted by Crippen LogP contribution is 2.45.